The van der Waals surface area contributed by atoms with Crippen molar-refractivity contribution in [1.82, 2.24) is 29.7 Å². The van der Waals surface area contributed by atoms with Gasteiger partial charge >= 0.3 is 0 Å². The minimum atomic E-state index is -0.217. The van der Waals surface area contributed by atoms with E-state index in [1.165, 1.54) is 0 Å². The molecule has 138 valence electrons. The highest BCUT2D eigenvalue weighted by Crippen LogP contribution is 2.12. The first-order valence-electron chi connectivity index (χ1n) is 9.07. The van der Waals surface area contributed by atoms with Gasteiger partial charge in [0.05, 0.1) is 23.8 Å². The SMILES string of the molecule is C[C@@H](CC#Cc1cnc2n1CCN(C)C2)NC(=O)c1nc2ccccc2[nH]1. The lowest BCUT2D eigenvalue weighted by Crippen LogP contribution is -2.33. The lowest BCUT2D eigenvalue weighted by Gasteiger charge is -2.23. The van der Waals surface area contributed by atoms with Gasteiger partial charge in [-0.05, 0) is 32.0 Å². The van der Waals surface area contributed by atoms with E-state index in [9.17, 15) is 4.79 Å². The van der Waals surface area contributed by atoms with E-state index in [0.29, 0.717) is 12.2 Å². The van der Waals surface area contributed by atoms with Crippen LogP contribution in [-0.4, -0.2) is 50.0 Å². The number of hydrogen-bond donors (Lipinski definition) is 2. The number of H-pyrrole nitrogens is 1. The summed E-state index contributed by atoms with van der Waals surface area (Å²) in [5.41, 5.74) is 2.58. The topological polar surface area (TPSA) is 78.8 Å². The number of benzene rings is 1. The number of aromatic amines is 1. The Morgan fingerprint density at radius 2 is 2.22 bits per heavy atom. The third-order valence-electron chi connectivity index (χ3n) is 4.66. The van der Waals surface area contributed by atoms with E-state index >= 15 is 0 Å². The van der Waals surface area contributed by atoms with Gasteiger partial charge in [0, 0.05) is 25.6 Å². The molecule has 0 unspecified atom stereocenters. The van der Waals surface area contributed by atoms with Crippen molar-refractivity contribution in [3.63, 3.8) is 0 Å². The van der Waals surface area contributed by atoms with Crippen LogP contribution in [0.25, 0.3) is 11.0 Å². The molecule has 1 aromatic carbocycles. The first kappa shape index (κ1) is 17.3. The normalized spacial score (nSPS) is 15.0. The van der Waals surface area contributed by atoms with Crippen molar-refractivity contribution in [2.75, 3.05) is 13.6 Å². The fraction of sp³-hybridized carbons (Fsp3) is 0.350. The van der Waals surface area contributed by atoms with Gasteiger partial charge in [-0.1, -0.05) is 18.1 Å². The molecule has 7 nitrogen and oxygen atoms in total. The molecular weight excluding hydrogens is 340 g/mol. The van der Waals surface area contributed by atoms with Crippen LogP contribution in [0, 0.1) is 11.8 Å². The number of amides is 1. The number of fused-ring (bicyclic) bond motifs is 2. The molecule has 1 aliphatic rings. The molecule has 1 amide bonds. The Bertz CT molecular complexity index is 1000. The second-order valence-electron chi connectivity index (χ2n) is 6.93. The van der Waals surface area contributed by atoms with Gasteiger partial charge in [0.25, 0.3) is 5.91 Å². The summed E-state index contributed by atoms with van der Waals surface area (Å²) < 4.78 is 2.17. The average molecular weight is 362 g/mol. The summed E-state index contributed by atoms with van der Waals surface area (Å²) in [6, 6.07) is 7.51. The van der Waals surface area contributed by atoms with Crippen LogP contribution in [0.1, 0.15) is 35.5 Å². The van der Waals surface area contributed by atoms with Crippen molar-refractivity contribution in [2.24, 2.45) is 0 Å². The molecule has 2 aromatic heterocycles. The van der Waals surface area contributed by atoms with Crippen molar-refractivity contribution in [1.29, 1.82) is 0 Å². The number of hydrogen-bond acceptors (Lipinski definition) is 4. The molecule has 1 aliphatic heterocycles. The molecule has 27 heavy (non-hydrogen) atoms. The molecule has 7 heteroatoms. The van der Waals surface area contributed by atoms with Gasteiger partial charge in [-0.3, -0.25) is 9.69 Å². The molecule has 1 atom stereocenters. The first-order valence-corrected chi connectivity index (χ1v) is 9.07. The molecule has 0 saturated carbocycles. The Morgan fingerprint density at radius 1 is 1.37 bits per heavy atom. The first-order chi connectivity index (χ1) is 13.1. The molecule has 0 bridgehead atoms. The van der Waals surface area contributed by atoms with Gasteiger partial charge in [0.2, 0.25) is 0 Å². The van der Waals surface area contributed by atoms with Crippen LogP contribution in [0.15, 0.2) is 30.5 Å². The summed E-state index contributed by atoms with van der Waals surface area (Å²) in [6.45, 7) is 4.71. The van der Waals surface area contributed by atoms with Gasteiger partial charge in [-0.2, -0.15) is 0 Å². The number of imidazole rings is 2. The molecule has 0 aliphatic carbocycles. The number of para-hydroxylation sites is 2. The maximum atomic E-state index is 12.4. The highest BCUT2D eigenvalue weighted by Gasteiger charge is 2.16. The summed E-state index contributed by atoms with van der Waals surface area (Å²) in [7, 11) is 2.09. The van der Waals surface area contributed by atoms with E-state index in [1.807, 2.05) is 37.4 Å². The van der Waals surface area contributed by atoms with Crippen LogP contribution >= 0.6 is 0 Å². The number of likely N-dealkylation sites (N-methyl/N-ethyl adjacent to an activating group) is 1. The molecule has 4 rings (SSSR count). The zero-order chi connectivity index (χ0) is 18.8. The van der Waals surface area contributed by atoms with Gasteiger partial charge in [-0.25, -0.2) is 9.97 Å². The standard InChI is InChI=1S/C20H22N6O/c1-14(22-20(27)19-23-16-8-3-4-9-17(16)24-19)6-5-7-15-12-21-18-13-25(2)10-11-26(15)18/h3-4,8-9,12,14H,6,10-11,13H2,1-2H3,(H,22,27)(H,23,24)/t14-/m0/s1. The van der Waals surface area contributed by atoms with Crippen molar-refractivity contribution in [3.8, 4) is 11.8 Å². The molecule has 0 fully saturated rings. The van der Waals surface area contributed by atoms with E-state index in [1.54, 1.807) is 0 Å². The number of nitrogens with one attached hydrogen (secondary N) is 2. The van der Waals surface area contributed by atoms with Crippen LogP contribution < -0.4 is 5.32 Å². The predicted molar refractivity (Wildman–Crippen MR) is 103 cm³/mol. The van der Waals surface area contributed by atoms with Gasteiger partial charge in [0.1, 0.15) is 11.5 Å². The fourth-order valence-corrected chi connectivity index (χ4v) is 3.18. The Kier molecular flexibility index (Phi) is 4.65. The maximum absolute atomic E-state index is 12.4. The molecule has 2 N–H and O–H groups in total. The van der Waals surface area contributed by atoms with Crippen LogP contribution in [0.3, 0.4) is 0 Å². The van der Waals surface area contributed by atoms with E-state index in [-0.39, 0.29) is 11.9 Å². The summed E-state index contributed by atoms with van der Waals surface area (Å²) >= 11 is 0. The van der Waals surface area contributed by atoms with Crippen LogP contribution in [0.5, 0.6) is 0 Å². The summed E-state index contributed by atoms with van der Waals surface area (Å²) in [5.74, 6) is 7.51. The van der Waals surface area contributed by atoms with Crippen molar-refractivity contribution >= 4 is 16.9 Å². The molecule has 3 heterocycles. The van der Waals surface area contributed by atoms with Crippen LogP contribution in [0.2, 0.25) is 0 Å². The number of carbonyl (C=O) groups excluding carboxylic acids is 1. The van der Waals surface area contributed by atoms with Gasteiger partial charge in [0.15, 0.2) is 5.82 Å². The Morgan fingerprint density at radius 3 is 3.07 bits per heavy atom. The largest absolute Gasteiger partial charge is 0.346 e. The fourth-order valence-electron chi connectivity index (χ4n) is 3.18. The summed E-state index contributed by atoms with van der Waals surface area (Å²) in [6.07, 6.45) is 2.39. The second-order valence-corrected chi connectivity index (χ2v) is 6.93. The smallest absolute Gasteiger partial charge is 0.287 e. The maximum Gasteiger partial charge on any atom is 0.287 e. The highest BCUT2D eigenvalue weighted by molar-refractivity contribution is 5.94. The number of aromatic nitrogens is 4. The molecular formula is C20H22N6O. The average Bonchev–Trinajstić information content (AvgIpc) is 3.25. The van der Waals surface area contributed by atoms with Crippen LogP contribution in [0.4, 0.5) is 0 Å². The van der Waals surface area contributed by atoms with Crippen molar-refractivity contribution in [2.45, 2.75) is 32.5 Å². The molecule has 0 radical (unpaired) electrons. The Hall–Kier alpha value is -3.11. The number of rotatable bonds is 3. The number of nitrogens with zero attached hydrogens (tertiary/aromatic N) is 4. The van der Waals surface area contributed by atoms with Gasteiger partial charge < -0.3 is 14.9 Å². The Balaban J connectivity index is 1.37. The van der Waals surface area contributed by atoms with E-state index in [4.69, 9.17) is 0 Å². The third-order valence-corrected chi connectivity index (χ3v) is 4.66. The predicted octanol–water partition coefficient (Wildman–Crippen LogP) is 1.76. The zero-order valence-corrected chi connectivity index (χ0v) is 15.5. The third kappa shape index (κ3) is 3.71. The molecule has 0 saturated heterocycles. The van der Waals surface area contributed by atoms with E-state index in [0.717, 1.165) is 42.2 Å². The van der Waals surface area contributed by atoms with Crippen molar-refractivity contribution < 1.29 is 4.79 Å². The van der Waals surface area contributed by atoms with Crippen molar-refractivity contribution in [3.05, 3.63) is 47.8 Å². The van der Waals surface area contributed by atoms with E-state index in [2.05, 4.69) is 48.6 Å². The van der Waals surface area contributed by atoms with Gasteiger partial charge in [-0.15, -0.1) is 0 Å². The lowest BCUT2D eigenvalue weighted by atomic mass is 10.2. The number of carbonyl (C=O) groups is 1. The summed E-state index contributed by atoms with van der Waals surface area (Å²) in [5, 5.41) is 2.94. The molecule has 3 aromatic rings. The molecule has 0 spiro atoms. The second kappa shape index (κ2) is 7.25. The minimum Gasteiger partial charge on any atom is -0.346 e. The highest BCUT2D eigenvalue weighted by atomic mass is 16.2. The quantitative estimate of drug-likeness (QED) is 0.696. The lowest BCUT2D eigenvalue weighted by molar-refractivity contribution is 0.0931. The summed E-state index contributed by atoms with van der Waals surface area (Å²) in [4.78, 5) is 26.4. The monoisotopic (exact) mass is 362 g/mol. The van der Waals surface area contributed by atoms with E-state index < -0.39 is 0 Å². The Labute approximate surface area is 157 Å². The minimum absolute atomic E-state index is 0.0758. The zero-order valence-electron chi connectivity index (χ0n) is 15.5. The van der Waals surface area contributed by atoms with Crippen LogP contribution in [-0.2, 0) is 13.1 Å².